The largest absolute Gasteiger partial charge is 0.494 e. The second-order valence-corrected chi connectivity index (χ2v) is 11.0. The van der Waals surface area contributed by atoms with Gasteiger partial charge in [-0.2, -0.15) is 0 Å². The second-order valence-electron chi connectivity index (χ2n) is 11.0. The van der Waals surface area contributed by atoms with Gasteiger partial charge in [-0.1, -0.05) is 76.1 Å². The molecule has 5 rings (SSSR count). The lowest BCUT2D eigenvalue weighted by Crippen LogP contribution is -2.44. The van der Waals surface area contributed by atoms with Crippen LogP contribution in [0.15, 0.2) is 84.6 Å². The fraction of sp³-hybridized carbons (Fsp3) is 0.353. The molecule has 1 aliphatic heterocycles. The lowest BCUT2D eigenvalue weighted by molar-refractivity contribution is -0.124. The van der Waals surface area contributed by atoms with E-state index in [0.29, 0.717) is 6.61 Å². The highest BCUT2D eigenvalue weighted by molar-refractivity contribution is 6.02. The number of benzene rings is 3. The molecular weight excluding hydrogens is 503 g/mol. The maximum Gasteiger partial charge on any atom is 0.230 e. The van der Waals surface area contributed by atoms with Crippen molar-refractivity contribution < 1.29 is 18.7 Å². The fourth-order valence-corrected chi connectivity index (χ4v) is 5.71. The molecule has 1 aliphatic carbocycles. The summed E-state index contributed by atoms with van der Waals surface area (Å²) >= 11 is 0. The number of carbonyl (C=O) groups excluding carboxylic acids is 2. The van der Waals surface area contributed by atoms with E-state index >= 15 is 0 Å². The number of hydrogen-bond acceptors (Lipinski definition) is 4. The van der Waals surface area contributed by atoms with E-state index in [0.717, 1.165) is 53.2 Å². The predicted octanol–water partition coefficient (Wildman–Crippen LogP) is 7.81. The van der Waals surface area contributed by atoms with Gasteiger partial charge in [-0.25, -0.2) is 4.39 Å². The maximum atomic E-state index is 14.1. The standard InChI is InChI=1S/C34H37FN2O3/c1-4-5-8-19-40-27-17-13-24(14-18-27)33-32-29(20-25(21-31(32)38)23-11-15-26(35)16-12-23)36-28-9-6-7-10-30(28)37(33)34(39)22(2)3/h6-7,9-18,20,22,25,32-33,36H,4-5,8,19,21H2,1-3H3/t25-,32-,33-/m0/s1. The molecule has 6 heteroatoms. The molecule has 208 valence electrons. The molecule has 2 aliphatic rings. The number of allylic oxidation sites excluding steroid dienone is 1. The average molecular weight is 541 g/mol. The number of amides is 1. The number of rotatable bonds is 8. The quantitative estimate of drug-likeness (QED) is 0.296. The topological polar surface area (TPSA) is 58.6 Å². The summed E-state index contributed by atoms with van der Waals surface area (Å²) in [4.78, 5) is 29.7. The minimum Gasteiger partial charge on any atom is -0.494 e. The van der Waals surface area contributed by atoms with E-state index in [4.69, 9.17) is 4.74 Å². The van der Waals surface area contributed by atoms with E-state index in [9.17, 15) is 14.0 Å². The van der Waals surface area contributed by atoms with Gasteiger partial charge >= 0.3 is 0 Å². The fourth-order valence-electron chi connectivity index (χ4n) is 5.71. The number of para-hydroxylation sites is 2. The first-order valence-corrected chi connectivity index (χ1v) is 14.3. The third-order valence-electron chi connectivity index (χ3n) is 7.79. The molecule has 40 heavy (non-hydrogen) atoms. The first kappa shape index (κ1) is 27.6. The smallest absolute Gasteiger partial charge is 0.230 e. The lowest BCUT2D eigenvalue weighted by Gasteiger charge is -2.38. The molecule has 0 saturated carbocycles. The molecule has 0 spiro atoms. The van der Waals surface area contributed by atoms with Crippen molar-refractivity contribution in [3.63, 3.8) is 0 Å². The van der Waals surface area contributed by atoms with Crippen molar-refractivity contribution in [2.45, 2.75) is 58.4 Å². The van der Waals surface area contributed by atoms with Crippen LogP contribution in [0.3, 0.4) is 0 Å². The van der Waals surface area contributed by atoms with Crippen LogP contribution in [0, 0.1) is 17.7 Å². The van der Waals surface area contributed by atoms with Crippen LogP contribution in [-0.2, 0) is 9.59 Å². The average Bonchev–Trinajstić information content (AvgIpc) is 3.10. The van der Waals surface area contributed by atoms with Crippen LogP contribution in [0.1, 0.15) is 69.5 Å². The molecule has 3 aromatic rings. The first-order valence-electron chi connectivity index (χ1n) is 14.3. The molecule has 3 aromatic carbocycles. The Morgan fingerprint density at radius 1 is 1.00 bits per heavy atom. The Kier molecular flexibility index (Phi) is 8.34. The number of nitrogens with one attached hydrogen (secondary N) is 1. The van der Waals surface area contributed by atoms with Gasteiger partial charge in [0.2, 0.25) is 5.91 Å². The molecule has 1 amide bonds. The van der Waals surface area contributed by atoms with Gasteiger partial charge in [-0.3, -0.25) is 9.59 Å². The summed E-state index contributed by atoms with van der Waals surface area (Å²) in [6.45, 7) is 6.59. The van der Waals surface area contributed by atoms with E-state index in [1.807, 2.05) is 67.3 Å². The summed E-state index contributed by atoms with van der Waals surface area (Å²) in [5.74, 6) is -0.580. The van der Waals surface area contributed by atoms with Crippen molar-refractivity contribution in [1.29, 1.82) is 0 Å². The Hall–Kier alpha value is -3.93. The summed E-state index contributed by atoms with van der Waals surface area (Å²) < 4.78 is 19.6. The molecular formula is C34H37FN2O3. The minimum atomic E-state index is -0.580. The number of anilines is 2. The molecule has 1 N–H and O–H groups in total. The summed E-state index contributed by atoms with van der Waals surface area (Å²) in [7, 11) is 0. The molecule has 0 bridgehead atoms. The number of Topliss-reactive ketones (excluding diaryl/α,β-unsaturated/α-hetero) is 1. The highest BCUT2D eigenvalue weighted by Gasteiger charge is 2.45. The SMILES string of the molecule is CCCCCOc1ccc([C@H]2[C@@H]3C(=O)C[C@@H](c4ccc(F)cc4)C=C3Nc3ccccc3N2C(=O)C(C)C)cc1. The molecule has 0 fully saturated rings. The lowest BCUT2D eigenvalue weighted by atomic mass is 9.76. The van der Waals surface area contributed by atoms with Gasteiger partial charge in [0.1, 0.15) is 17.3 Å². The molecule has 3 atom stereocenters. The Bertz CT molecular complexity index is 1380. The predicted molar refractivity (Wildman–Crippen MR) is 157 cm³/mol. The summed E-state index contributed by atoms with van der Waals surface area (Å²) in [6.07, 6.45) is 5.61. The van der Waals surface area contributed by atoms with Gasteiger partial charge in [0.25, 0.3) is 0 Å². The van der Waals surface area contributed by atoms with Crippen molar-refractivity contribution in [2.24, 2.45) is 11.8 Å². The Morgan fingerprint density at radius 2 is 1.70 bits per heavy atom. The van der Waals surface area contributed by atoms with E-state index in [1.54, 1.807) is 12.1 Å². The van der Waals surface area contributed by atoms with Crippen LogP contribution in [0.25, 0.3) is 0 Å². The number of ketones is 1. The zero-order valence-corrected chi connectivity index (χ0v) is 23.4. The number of fused-ring (bicyclic) bond motifs is 2. The number of nitrogens with zero attached hydrogens (tertiary/aromatic N) is 1. The first-order chi connectivity index (χ1) is 19.4. The molecule has 1 heterocycles. The Balaban J connectivity index is 1.60. The van der Waals surface area contributed by atoms with Gasteiger partial charge in [-0.15, -0.1) is 0 Å². The molecule has 5 nitrogen and oxygen atoms in total. The van der Waals surface area contributed by atoms with Crippen LogP contribution in [0.4, 0.5) is 15.8 Å². The van der Waals surface area contributed by atoms with Crippen LogP contribution in [0.2, 0.25) is 0 Å². The zero-order chi connectivity index (χ0) is 28.2. The Morgan fingerprint density at radius 3 is 2.40 bits per heavy atom. The summed E-state index contributed by atoms with van der Waals surface area (Å²) in [6, 6.07) is 21.3. The van der Waals surface area contributed by atoms with E-state index in [-0.39, 0.29) is 35.8 Å². The molecule has 0 radical (unpaired) electrons. The highest BCUT2D eigenvalue weighted by Crippen LogP contribution is 2.48. The van der Waals surface area contributed by atoms with Gasteiger partial charge in [-0.05, 0) is 53.9 Å². The van der Waals surface area contributed by atoms with Crippen molar-refractivity contribution >= 4 is 23.1 Å². The van der Waals surface area contributed by atoms with Crippen molar-refractivity contribution in [3.8, 4) is 5.75 Å². The van der Waals surface area contributed by atoms with E-state index in [1.165, 1.54) is 12.1 Å². The van der Waals surface area contributed by atoms with Crippen molar-refractivity contribution in [3.05, 3.63) is 102 Å². The van der Waals surface area contributed by atoms with Gasteiger partial charge in [0.05, 0.1) is 29.9 Å². The zero-order valence-electron chi connectivity index (χ0n) is 23.4. The monoisotopic (exact) mass is 540 g/mol. The van der Waals surface area contributed by atoms with E-state index < -0.39 is 12.0 Å². The Labute approximate surface area is 236 Å². The normalized spacial score (nSPS) is 20.2. The number of ether oxygens (including phenoxy) is 1. The van der Waals surface area contributed by atoms with Crippen molar-refractivity contribution in [1.82, 2.24) is 0 Å². The number of hydrogen-bond donors (Lipinski definition) is 1. The van der Waals surface area contributed by atoms with Crippen LogP contribution in [-0.4, -0.2) is 18.3 Å². The summed E-state index contributed by atoms with van der Waals surface area (Å²) in [5.41, 5.74) is 4.04. The van der Waals surface area contributed by atoms with Crippen molar-refractivity contribution in [2.75, 3.05) is 16.8 Å². The van der Waals surface area contributed by atoms with Crippen LogP contribution in [0.5, 0.6) is 5.75 Å². The number of halogens is 1. The van der Waals surface area contributed by atoms with E-state index in [2.05, 4.69) is 18.3 Å². The van der Waals surface area contributed by atoms with Crippen LogP contribution >= 0.6 is 0 Å². The highest BCUT2D eigenvalue weighted by atomic mass is 19.1. The third-order valence-corrected chi connectivity index (χ3v) is 7.79. The minimum absolute atomic E-state index is 0.0404. The third kappa shape index (κ3) is 5.67. The maximum absolute atomic E-state index is 14.1. The van der Waals surface area contributed by atoms with Gasteiger partial charge < -0.3 is 15.0 Å². The second kappa shape index (κ2) is 12.1. The molecule has 0 saturated heterocycles. The number of carbonyl (C=O) groups is 2. The van der Waals surface area contributed by atoms with Gasteiger partial charge in [0, 0.05) is 24.0 Å². The van der Waals surface area contributed by atoms with Gasteiger partial charge in [0.15, 0.2) is 0 Å². The van der Waals surface area contributed by atoms with Crippen LogP contribution < -0.4 is 15.0 Å². The summed E-state index contributed by atoms with van der Waals surface area (Å²) in [5, 5.41) is 3.53. The number of unbranched alkanes of at least 4 members (excludes halogenated alkanes) is 2. The molecule has 0 unspecified atom stereocenters. The molecule has 0 aromatic heterocycles.